The van der Waals surface area contributed by atoms with Gasteiger partial charge in [-0.05, 0) is 22.0 Å². The van der Waals surface area contributed by atoms with Gasteiger partial charge in [0.25, 0.3) is 5.91 Å². The van der Waals surface area contributed by atoms with E-state index in [-0.39, 0.29) is 12.5 Å². The first-order valence-corrected chi connectivity index (χ1v) is 4.38. The Hall–Kier alpha value is -1.21. The van der Waals surface area contributed by atoms with Crippen molar-refractivity contribution in [3.63, 3.8) is 0 Å². The molecule has 1 aromatic heterocycles. The summed E-state index contributed by atoms with van der Waals surface area (Å²) in [6.07, 6.45) is 6.53. The van der Waals surface area contributed by atoms with Gasteiger partial charge in [-0.25, -0.2) is 0 Å². The molecule has 0 N–H and O–H groups in total. The molecule has 68 valence electrons. The highest BCUT2D eigenvalue weighted by Crippen LogP contribution is 2.18. The number of carbonyl (C=O) groups is 1. The fourth-order valence-corrected chi connectivity index (χ4v) is 1.27. The average Bonchev–Trinajstić information content (AvgIpc) is 2.50. The number of halogens is 1. The molecule has 0 saturated heterocycles. The molecule has 0 saturated carbocycles. The van der Waals surface area contributed by atoms with Crippen LogP contribution >= 0.6 is 15.9 Å². The summed E-state index contributed by atoms with van der Waals surface area (Å²) in [5.41, 5.74) is 0.484. The normalized spacial score (nSPS) is 9.31. The zero-order valence-electron chi connectivity index (χ0n) is 7.08. The van der Waals surface area contributed by atoms with E-state index in [1.54, 1.807) is 13.1 Å². The molecule has 0 aliphatic carbocycles. The number of rotatable bonds is 2. The highest BCUT2D eigenvalue weighted by atomic mass is 79.9. The SMILES string of the molecule is C#CCN(C)C(=O)c1ccoc1Br. The molecule has 1 amide bonds. The van der Waals surface area contributed by atoms with Gasteiger partial charge in [-0.2, -0.15) is 0 Å². The van der Waals surface area contributed by atoms with E-state index >= 15 is 0 Å². The lowest BCUT2D eigenvalue weighted by atomic mass is 10.3. The van der Waals surface area contributed by atoms with E-state index in [1.165, 1.54) is 11.2 Å². The Morgan fingerprint density at radius 3 is 3.00 bits per heavy atom. The monoisotopic (exact) mass is 241 g/mol. The minimum Gasteiger partial charge on any atom is -0.457 e. The second-order valence-corrected chi connectivity index (χ2v) is 3.19. The van der Waals surface area contributed by atoms with Gasteiger partial charge in [-0.3, -0.25) is 4.79 Å². The highest BCUT2D eigenvalue weighted by molar-refractivity contribution is 9.10. The number of carbonyl (C=O) groups excluding carboxylic acids is 1. The summed E-state index contributed by atoms with van der Waals surface area (Å²) >= 11 is 3.12. The van der Waals surface area contributed by atoms with E-state index in [4.69, 9.17) is 10.8 Å². The van der Waals surface area contributed by atoms with E-state index in [9.17, 15) is 4.79 Å². The smallest absolute Gasteiger partial charge is 0.258 e. The molecular weight excluding hydrogens is 234 g/mol. The van der Waals surface area contributed by atoms with Gasteiger partial charge in [0.2, 0.25) is 0 Å². The van der Waals surface area contributed by atoms with Gasteiger partial charge in [0.1, 0.15) is 0 Å². The van der Waals surface area contributed by atoms with Gasteiger partial charge in [-0.1, -0.05) is 5.92 Å². The van der Waals surface area contributed by atoms with Crippen molar-refractivity contribution < 1.29 is 9.21 Å². The van der Waals surface area contributed by atoms with Crippen molar-refractivity contribution in [2.75, 3.05) is 13.6 Å². The minimum absolute atomic E-state index is 0.154. The van der Waals surface area contributed by atoms with Gasteiger partial charge in [0, 0.05) is 7.05 Å². The number of terminal acetylenes is 1. The summed E-state index contributed by atoms with van der Waals surface area (Å²) in [6.45, 7) is 0.288. The van der Waals surface area contributed by atoms with E-state index in [1.807, 2.05) is 0 Å². The fraction of sp³-hybridized carbons (Fsp3) is 0.222. The standard InChI is InChI=1S/C9H8BrNO2/c1-3-5-11(2)9(12)7-4-6-13-8(7)10/h1,4,6H,5H2,2H3. The second kappa shape index (κ2) is 4.15. The van der Waals surface area contributed by atoms with Crippen LogP contribution in [0.2, 0.25) is 0 Å². The zero-order chi connectivity index (χ0) is 9.84. The molecule has 0 unspecified atom stereocenters. The molecule has 0 fully saturated rings. The van der Waals surface area contributed by atoms with E-state index in [0.717, 1.165) is 0 Å². The molecule has 0 spiro atoms. The third kappa shape index (κ3) is 2.13. The summed E-state index contributed by atoms with van der Waals surface area (Å²) in [6, 6.07) is 1.60. The van der Waals surface area contributed by atoms with E-state index in [2.05, 4.69) is 21.9 Å². The maximum Gasteiger partial charge on any atom is 0.258 e. The molecule has 1 rings (SSSR count). The molecule has 3 nitrogen and oxygen atoms in total. The number of hydrogen-bond donors (Lipinski definition) is 0. The molecule has 1 heterocycles. The largest absolute Gasteiger partial charge is 0.457 e. The lowest BCUT2D eigenvalue weighted by Gasteiger charge is -2.12. The first-order chi connectivity index (χ1) is 6.16. The molecule has 13 heavy (non-hydrogen) atoms. The maximum atomic E-state index is 11.6. The van der Waals surface area contributed by atoms with Crippen molar-refractivity contribution in [1.29, 1.82) is 0 Å². The Morgan fingerprint density at radius 1 is 1.85 bits per heavy atom. The third-order valence-corrected chi connectivity index (χ3v) is 2.14. The van der Waals surface area contributed by atoms with Crippen LogP contribution in [0.15, 0.2) is 21.4 Å². The summed E-state index contributed by atoms with van der Waals surface area (Å²) in [7, 11) is 1.64. The Morgan fingerprint density at radius 2 is 2.54 bits per heavy atom. The molecule has 1 aromatic rings. The lowest BCUT2D eigenvalue weighted by Crippen LogP contribution is -2.26. The van der Waals surface area contributed by atoms with Gasteiger partial charge in [0.15, 0.2) is 4.67 Å². The number of hydrogen-bond acceptors (Lipinski definition) is 2. The van der Waals surface area contributed by atoms with Crippen LogP contribution in [0.3, 0.4) is 0 Å². The van der Waals surface area contributed by atoms with Crippen LogP contribution in [0.4, 0.5) is 0 Å². The van der Waals surface area contributed by atoms with Crippen LogP contribution in [0.25, 0.3) is 0 Å². The fourth-order valence-electron chi connectivity index (χ4n) is 0.861. The molecule has 0 radical (unpaired) electrons. The van der Waals surface area contributed by atoms with Crippen LogP contribution in [0, 0.1) is 12.3 Å². The Bertz CT molecular complexity index is 351. The summed E-state index contributed by atoms with van der Waals surface area (Å²) in [5, 5.41) is 0. The summed E-state index contributed by atoms with van der Waals surface area (Å²) < 4.78 is 5.36. The van der Waals surface area contributed by atoms with Gasteiger partial charge in [0.05, 0.1) is 18.4 Å². The quantitative estimate of drug-likeness (QED) is 0.740. The third-order valence-electron chi connectivity index (χ3n) is 1.52. The maximum absolute atomic E-state index is 11.6. The number of nitrogens with zero attached hydrogens (tertiary/aromatic N) is 1. The topological polar surface area (TPSA) is 33.5 Å². The first-order valence-electron chi connectivity index (χ1n) is 3.58. The molecule has 0 aliphatic rings. The molecular formula is C9H8BrNO2. The van der Waals surface area contributed by atoms with Crippen molar-refractivity contribution in [2.45, 2.75) is 0 Å². The van der Waals surface area contributed by atoms with E-state index in [0.29, 0.717) is 10.2 Å². The predicted octanol–water partition coefficient (Wildman–Crippen LogP) is 1.75. The first kappa shape index (κ1) is 9.87. The van der Waals surface area contributed by atoms with Crippen LogP contribution in [-0.2, 0) is 0 Å². The zero-order valence-corrected chi connectivity index (χ0v) is 8.67. The van der Waals surface area contributed by atoms with Crippen molar-refractivity contribution in [3.8, 4) is 12.3 Å². The Kier molecular flexibility index (Phi) is 3.15. The van der Waals surface area contributed by atoms with Crippen LogP contribution in [0.5, 0.6) is 0 Å². The second-order valence-electron chi connectivity index (χ2n) is 2.47. The van der Waals surface area contributed by atoms with Gasteiger partial charge < -0.3 is 9.32 Å². The van der Waals surface area contributed by atoms with Gasteiger partial charge >= 0.3 is 0 Å². The summed E-state index contributed by atoms with van der Waals surface area (Å²) in [5.74, 6) is 2.23. The van der Waals surface area contributed by atoms with Crippen molar-refractivity contribution in [1.82, 2.24) is 4.90 Å². The van der Waals surface area contributed by atoms with Gasteiger partial charge in [-0.15, -0.1) is 6.42 Å². The van der Waals surface area contributed by atoms with Crippen molar-refractivity contribution >= 4 is 21.8 Å². The lowest BCUT2D eigenvalue weighted by molar-refractivity contribution is 0.0810. The van der Waals surface area contributed by atoms with Crippen LogP contribution < -0.4 is 0 Å². The molecule has 0 aliphatic heterocycles. The van der Waals surface area contributed by atoms with Crippen molar-refractivity contribution in [2.24, 2.45) is 0 Å². The van der Waals surface area contributed by atoms with Crippen LogP contribution in [-0.4, -0.2) is 24.4 Å². The van der Waals surface area contributed by atoms with Crippen LogP contribution in [0.1, 0.15) is 10.4 Å². The molecule has 0 atom stereocenters. The predicted molar refractivity (Wildman–Crippen MR) is 52.2 cm³/mol. The Labute approximate surface area is 84.8 Å². The molecule has 0 aromatic carbocycles. The number of furan rings is 1. The molecule has 0 bridgehead atoms. The van der Waals surface area contributed by atoms with E-state index < -0.39 is 0 Å². The molecule has 4 heteroatoms. The number of amides is 1. The highest BCUT2D eigenvalue weighted by Gasteiger charge is 2.15. The van der Waals surface area contributed by atoms with Crippen molar-refractivity contribution in [3.05, 3.63) is 22.6 Å². The minimum atomic E-state index is -0.154. The average molecular weight is 242 g/mol. The Balaban J connectivity index is 2.81. The summed E-state index contributed by atoms with van der Waals surface area (Å²) in [4.78, 5) is 13.0.